The van der Waals surface area contributed by atoms with Gasteiger partial charge in [0.2, 0.25) is 11.8 Å². The van der Waals surface area contributed by atoms with Gasteiger partial charge in [0, 0.05) is 28.2 Å². The summed E-state index contributed by atoms with van der Waals surface area (Å²) >= 11 is 12.6. The van der Waals surface area contributed by atoms with Crippen molar-refractivity contribution in [3.8, 4) is 11.5 Å². The maximum absolute atomic E-state index is 14.4. The molecule has 1 N–H and O–H groups in total. The fourth-order valence-corrected chi connectivity index (χ4v) is 6.43. The van der Waals surface area contributed by atoms with Gasteiger partial charge >= 0.3 is 0 Å². The van der Waals surface area contributed by atoms with Gasteiger partial charge in [-0.15, -0.1) is 0 Å². The molecule has 9 nitrogen and oxygen atoms in total. The van der Waals surface area contributed by atoms with Crippen LogP contribution in [0.5, 0.6) is 11.5 Å². The van der Waals surface area contributed by atoms with Gasteiger partial charge in [-0.05, 0) is 76.1 Å². The number of amides is 2. The summed E-state index contributed by atoms with van der Waals surface area (Å²) in [6.07, 6.45) is 0.256. The van der Waals surface area contributed by atoms with E-state index in [9.17, 15) is 18.0 Å². The van der Waals surface area contributed by atoms with E-state index in [4.69, 9.17) is 32.7 Å². The number of nitrogens with one attached hydrogen (secondary N) is 1. The first kappa shape index (κ1) is 35.0. The van der Waals surface area contributed by atoms with E-state index in [0.29, 0.717) is 21.4 Å². The molecule has 12 heteroatoms. The van der Waals surface area contributed by atoms with E-state index in [1.54, 1.807) is 49.4 Å². The van der Waals surface area contributed by atoms with E-state index in [0.717, 1.165) is 9.87 Å². The molecule has 0 heterocycles. The maximum Gasteiger partial charge on any atom is 0.264 e. The van der Waals surface area contributed by atoms with E-state index in [1.165, 1.54) is 37.3 Å². The van der Waals surface area contributed by atoms with Gasteiger partial charge in [-0.3, -0.25) is 13.9 Å². The minimum atomic E-state index is -4.32. The largest absolute Gasteiger partial charge is 0.497 e. The summed E-state index contributed by atoms with van der Waals surface area (Å²) in [4.78, 5) is 29.2. The van der Waals surface area contributed by atoms with E-state index >= 15 is 0 Å². The molecule has 3 rings (SSSR count). The molecule has 2 amide bonds. The predicted molar refractivity (Wildman–Crippen MR) is 174 cm³/mol. The number of hydrogen-bond donors (Lipinski definition) is 1. The van der Waals surface area contributed by atoms with Crippen LogP contribution >= 0.6 is 23.2 Å². The molecular weight excluding hydrogens is 625 g/mol. The summed E-state index contributed by atoms with van der Waals surface area (Å²) < 4.78 is 40.3. The quantitative estimate of drug-likeness (QED) is 0.246. The van der Waals surface area contributed by atoms with Crippen LogP contribution in [-0.2, 0) is 26.2 Å². The molecule has 0 aliphatic rings. The zero-order chi connectivity index (χ0) is 32.8. The monoisotopic (exact) mass is 663 g/mol. The van der Waals surface area contributed by atoms with Crippen molar-refractivity contribution in [2.24, 2.45) is 0 Å². The number of halogens is 2. The summed E-state index contributed by atoms with van der Waals surface area (Å²) in [5.74, 6) is -0.449. The Hall–Kier alpha value is -3.47. The number of benzene rings is 3. The van der Waals surface area contributed by atoms with Crippen molar-refractivity contribution in [1.82, 2.24) is 10.2 Å². The van der Waals surface area contributed by atoms with Crippen molar-refractivity contribution >= 4 is 50.7 Å². The Morgan fingerprint density at radius 3 is 2.16 bits per heavy atom. The van der Waals surface area contributed by atoms with Crippen molar-refractivity contribution in [3.05, 3.63) is 81.8 Å². The fraction of sp³-hybridized carbons (Fsp3) is 0.375. The summed E-state index contributed by atoms with van der Waals surface area (Å²) in [7, 11) is -1.46. The van der Waals surface area contributed by atoms with Gasteiger partial charge in [0.25, 0.3) is 10.0 Å². The van der Waals surface area contributed by atoms with E-state index in [1.807, 2.05) is 27.7 Å². The van der Waals surface area contributed by atoms with Crippen molar-refractivity contribution < 1.29 is 27.5 Å². The normalized spacial score (nSPS) is 12.3. The zero-order valence-electron chi connectivity index (χ0n) is 26.0. The van der Waals surface area contributed by atoms with E-state index in [-0.39, 0.29) is 35.2 Å². The lowest BCUT2D eigenvalue weighted by molar-refractivity contribution is -0.141. The molecule has 3 aromatic rings. The third-order valence-electron chi connectivity index (χ3n) is 6.78. The number of ether oxygens (including phenoxy) is 2. The van der Waals surface area contributed by atoms with Crippen LogP contribution in [0.2, 0.25) is 10.0 Å². The molecule has 0 aliphatic heterocycles. The van der Waals surface area contributed by atoms with Crippen LogP contribution in [0.3, 0.4) is 0 Å². The van der Waals surface area contributed by atoms with E-state index < -0.39 is 34.1 Å². The molecule has 0 aromatic heterocycles. The van der Waals surface area contributed by atoms with Crippen molar-refractivity contribution in [2.75, 3.05) is 25.1 Å². The van der Waals surface area contributed by atoms with Gasteiger partial charge < -0.3 is 19.7 Å². The van der Waals surface area contributed by atoms with Crippen molar-refractivity contribution in [1.29, 1.82) is 0 Å². The summed E-state index contributed by atoms with van der Waals surface area (Å²) in [6.45, 7) is 8.42. The minimum Gasteiger partial charge on any atom is -0.497 e. The van der Waals surface area contributed by atoms with Crippen LogP contribution in [0.1, 0.15) is 45.2 Å². The Kier molecular flexibility index (Phi) is 11.6. The average Bonchev–Trinajstić information content (AvgIpc) is 2.95. The smallest absolute Gasteiger partial charge is 0.264 e. The van der Waals surface area contributed by atoms with Crippen molar-refractivity contribution in [2.45, 2.75) is 64.1 Å². The molecule has 0 fully saturated rings. The average molecular weight is 665 g/mol. The van der Waals surface area contributed by atoms with Gasteiger partial charge in [-0.1, -0.05) is 53.9 Å². The Bertz CT molecular complexity index is 1590. The lowest BCUT2D eigenvalue weighted by Gasteiger charge is -2.35. The zero-order valence-corrected chi connectivity index (χ0v) is 28.3. The molecule has 3 aromatic carbocycles. The standard InChI is InChI=1S/C32H39Cl2N3O6S/c1-8-27(31(39)35-32(3,4)5)36(19-22-11-12-23(33)17-26(22)34)30(38)20-37(28-18-24(42-6)13-16-29(28)43-7)44(40,41)25-14-9-21(2)10-15-25/h9-18,27H,8,19-20H2,1-7H3,(H,35,39)/t27-/m0/s1. The summed E-state index contributed by atoms with van der Waals surface area (Å²) in [5, 5.41) is 3.66. The number of methoxy groups -OCH3 is 2. The van der Waals surface area contributed by atoms with Crippen molar-refractivity contribution in [3.63, 3.8) is 0 Å². The van der Waals surface area contributed by atoms with Crippen LogP contribution < -0.4 is 19.1 Å². The molecule has 44 heavy (non-hydrogen) atoms. The highest BCUT2D eigenvalue weighted by atomic mass is 35.5. The Balaban J connectivity index is 2.18. The maximum atomic E-state index is 14.4. The second-order valence-electron chi connectivity index (χ2n) is 11.3. The first-order valence-corrected chi connectivity index (χ1v) is 16.2. The van der Waals surface area contributed by atoms with E-state index in [2.05, 4.69) is 5.32 Å². The molecule has 0 saturated carbocycles. The first-order valence-electron chi connectivity index (χ1n) is 14.0. The van der Waals surface area contributed by atoms with Crippen LogP contribution in [0.15, 0.2) is 65.6 Å². The molecule has 0 aliphatic carbocycles. The Labute approximate surface area is 270 Å². The third kappa shape index (κ3) is 8.58. The van der Waals surface area contributed by atoms with Gasteiger partial charge in [0.1, 0.15) is 24.1 Å². The summed E-state index contributed by atoms with van der Waals surface area (Å²) in [6, 6.07) is 14.9. The number of anilines is 1. The number of carbonyl (C=O) groups is 2. The predicted octanol–water partition coefficient (Wildman–Crippen LogP) is 6.24. The number of hydrogen-bond acceptors (Lipinski definition) is 6. The lowest BCUT2D eigenvalue weighted by Crippen LogP contribution is -2.55. The first-order chi connectivity index (χ1) is 20.6. The minimum absolute atomic E-state index is 0.0226. The molecular formula is C32H39Cl2N3O6S. The molecule has 0 bridgehead atoms. The molecule has 0 radical (unpaired) electrons. The molecule has 1 atom stereocenters. The van der Waals surface area contributed by atoms with Gasteiger partial charge in [0.15, 0.2) is 0 Å². The second-order valence-corrected chi connectivity index (χ2v) is 14.0. The highest BCUT2D eigenvalue weighted by molar-refractivity contribution is 7.92. The third-order valence-corrected chi connectivity index (χ3v) is 9.14. The van der Waals surface area contributed by atoms with Crippen LogP contribution in [0, 0.1) is 6.92 Å². The molecule has 0 saturated heterocycles. The van der Waals surface area contributed by atoms with Gasteiger partial charge in [0.05, 0.1) is 24.8 Å². The molecule has 0 unspecified atom stereocenters. The Morgan fingerprint density at radius 1 is 0.955 bits per heavy atom. The number of sulfonamides is 1. The van der Waals surface area contributed by atoms with Crippen LogP contribution in [0.25, 0.3) is 0 Å². The molecule has 238 valence electrons. The van der Waals surface area contributed by atoms with Gasteiger partial charge in [-0.25, -0.2) is 8.42 Å². The lowest BCUT2D eigenvalue weighted by atomic mass is 10.1. The second kappa shape index (κ2) is 14.5. The van der Waals surface area contributed by atoms with Crippen LogP contribution in [-0.4, -0.2) is 57.5 Å². The summed E-state index contributed by atoms with van der Waals surface area (Å²) in [5.41, 5.74) is 0.925. The number of rotatable bonds is 12. The number of aryl methyl sites for hydroxylation is 1. The fourth-order valence-electron chi connectivity index (χ4n) is 4.55. The highest BCUT2D eigenvalue weighted by Gasteiger charge is 2.36. The molecule has 0 spiro atoms. The topological polar surface area (TPSA) is 105 Å². The SMILES string of the molecule is CC[C@@H](C(=O)NC(C)(C)C)N(Cc1ccc(Cl)cc1Cl)C(=O)CN(c1cc(OC)ccc1OC)S(=O)(=O)c1ccc(C)cc1. The van der Waals surface area contributed by atoms with Gasteiger partial charge in [-0.2, -0.15) is 0 Å². The number of carbonyl (C=O) groups excluding carboxylic acids is 2. The Morgan fingerprint density at radius 2 is 1.61 bits per heavy atom. The number of nitrogens with zero attached hydrogens (tertiary/aromatic N) is 2. The highest BCUT2D eigenvalue weighted by Crippen LogP contribution is 2.36. The van der Waals surface area contributed by atoms with Crippen LogP contribution in [0.4, 0.5) is 5.69 Å².